The minimum atomic E-state index is -0.150. The third-order valence-corrected chi connectivity index (χ3v) is 13.3. The van der Waals surface area contributed by atoms with Crippen LogP contribution in [0.5, 0.6) is 5.75 Å². The summed E-state index contributed by atoms with van der Waals surface area (Å²) in [6.45, 7) is 22.8. The topological polar surface area (TPSA) is 50.9 Å². The van der Waals surface area contributed by atoms with Crippen LogP contribution in [0.3, 0.4) is 0 Å². The molecule has 2 aromatic heterocycles. The van der Waals surface area contributed by atoms with E-state index in [1.165, 1.54) is 22.3 Å². The number of hydrogen-bond donors (Lipinski definition) is 1. The Labute approximate surface area is 388 Å². The average Bonchev–Trinajstić information content (AvgIpc) is 3.64. The van der Waals surface area contributed by atoms with E-state index in [0.29, 0.717) is 5.82 Å². The van der Waals surface area contributed by atoms with Gasteiger partial charge in [-0.25, -0.2) is 4.98 Å². The summed E-state index contributed by atoms with van der Waals surface area (Å²) in [6, 6.07) is 51.3. The second kappa shape index (κ2) is 16.2. The number of aromatic nitrogens is 3. The summed E-state index contributed by atoms with van der Waals surface area (Å²) in [6.07, 6.45) is 4.02. The Morgan fingerprint density at radius 3 is 1.84 bits per heavy atom. The summed E-state index contributed by atoms with van der Waals surface area (Å²) in [7, 11) is 0. The average molecular weight is 1010 g/mol. The molecule has 0 atom stereocenters. The number of fused-ring (bicyclic) bond motifs is 2. The fourth-order valence-electron chi connectivity index (χ4n) is 9.24. The van der Waals surface area contributed by atoms with E-state index in [-0.39, 0.29) is 48.5 Å². The SMILES string of the molecule is CC(C)(C)c1cc(-c2cc(-c3ccccc3)ccn2)[c-]c(-c2cccc3c2nc(-c2cc4c(cc2O)C(C)(C)CCC4(C)C)n3-c2ccc(C(C)(C)C)cc2-c2ccccc2)c1.[Pt]. The van der Waals surface area contributed by atoms with Crippen LogP contribution in [0.1, 0.15) is 104 Å². The van der Waals surface area contributed by atoms with E-state index in [0.717, 1.165) is 79.8 Å². The standard InChI is InChI=1S/C58H58N3O.Pt/c1-55(2,3)42-24-25-50(45(34-42)38-20-15-12-16-21-38)61-51-23-17-22-44(53(51)60-54(61)46-35-47-48(36-52(46)62)58(9,10)28-27-57(47,7)8)40-30-41(32-43(31-40)56(4,5)6)49-33-39(26-29-59-49)37-18-13-11-14-19-37;/h11-26,29,31-36,62H,27-28H2,1-10H3;/q-1;. The Kier molecular flexibility index (Phi) is 11.3. The van der Waals surface area contributed by atoms with Gasteiger partial charge in [0.15, 0.2) is 0 Å². The molecule has 0 bridgehead atoms. The zero-order valence-corrected chi connectivity index (χ0v) is 40.6. The monoisotopic (exact) mass is 1010 g/mol. The molecule has 2 heterocycles. The zero-order valence-electron chi connectivity index (χ0n) is 38.3. The van der Waals surface area contributed by atoms with Gasteiger partial charge in [0, 0.05) is 38.5 Å². The van der Waals surface area contributed by atoms with Crippen molar-refractivity contribution < 1.29 is 26.2 Å². The normalized spacial score (nSPS) is 14.6. The summed E-state index contributed by atoms with van der Waals surface area (Å²) < 4.78 is 2.29. The van der Waals surface area contributed by atoms with Crippen LogP contribution in [0, 0.1) is 6.07 Å². The molecule has 0 saturated carbocycles. The number of rotatable bonds is 6. The summed E-state index contributed by atoms with van der Waals surface area (Å²) in [5.74, 6) is 0.949. The van der Waals surface area contributed by atoms with Gasteiger partial charge in [0.25, 0.3) is 0 Å². The molecule has 0 amide bonds. The van der Waals surface area contributed by atoms with Crippen LogP contribution >= 0.6 is 0 Å². The molecule has 4 nitrogen and oxygen atoms in total. The number of para-hydroxylation sites is 1. The van der Waals surface area contributed by atoms with Gasteiger partial charge in [0.2, 0.25) is 0 Å². The van der Waals surface area contributed by atoms with E-state index < -0.39 is 0 Å². The minimum absolute atomic E-state index is 0. The van der Waals surface area contributed by atoms with E-state index in [1.54, 1.807) is 0 Å². The number of imidazole rings is 1. The molecule has 0 radical (unpaired) electrons. The molecule has 63 heavy (non-hydrogen) atoms. The van der Waals surface area contributed by atoms with Crippen molar-refractivity contribution in [2.45, 2.75) is 104 Å². The van der Waals surface area contributed by atoms with Gasteiger partial charge in [-0.15, -0.1) is 29.3 Å². The van der Waals surface area contributed by atoms with Gasteiger partial charge in [0.05, 0.1) is 22.3 Å². The van der Waals surface area contributed by atoms with E-state index in [2.05, 4.69) is 201 Å². The molecule has 1 aliphatic rings. The first kappa shape index (κ1) is 44.1. The molecule has 1 N–H and O–H groups in total. The van der Waals surface area contributed by atoms with E-state index in [9.17, 15) is 5.11 Å². The number of phenolic OH excluding ortho intramolecular Hbond substituents is 1. The first-order chi connectivity index (χ1) is 29.4. The Hall–Kier alpha value is -5.57. The molecule has 8 aromatic rings. The number of pyridine rings is 1. The quantitative estimate of drug-likeness (QED) is 0.169. The van der Waals surface area contributed by atoms with E-state index in [1.807, 2.05) is 18.3 Å². The fraction of sp³-hybridized carbons (Fsp3) is 0.276. The van der Waals surface area contributed by atoms with Crippen molar-refractivity contribution >= 4 is 11.0 Å². The van der Waals surface area contributed by atoms with Gasteiger partial charge in [-0.05, 0) is 104 Å². The van der Waals surface area contributed by atoms with Crippen molar-refractivity contribution in [1.82, 2.24) is 14.5 Å². The van der Waals surface area contributed by atoms with Crippen molar-refractivity contribution in [3.05, 3.63) is 168 Å². The van der Waals surface area contributed by atoms with Gasteiger partial charge < -0.3 is 5.11 Å². The fourth-order valence-corrected chi connectivity index (χ4v) is 9.24. The number of phenols is 1. The largest absolute Gasteiger partial charge is 0.507 e. The number of aromatic hydroxyl groups is 1. The molecule has 0 spiro atoms. The summed E-state index contributed by atoms with van der Waals surface area (Å²) >= 11 is 0. The van der Waals surface area contributed by atoms with Crippen LogP contribution in [0.4, 0.5) is 0 Å². The van der Waals surface area contributed by atoms with Gasteiger partial charge >= 0.3 is 0 Å². The Balaban J connectivity index is 0.00000544. The molecule has 0 saturated heterocycles. The molecule has 9 rings (SSSR count). The summed E-state index contributed by atoms with van der Waals surface area (Å²) in [5.41, 5.74) is 16.3. The van der Waals surface area contributed by atoms with Crippen molar-refractivity contribution in [3.63, 3.8) is 0 Å². The van der Waals surface area contributed by atoms with Crippen LogP contribution in [-0.4, -0.2) is 19.6 Å². The zero-order chi connectivity index (χ0) is 43.8. The maximum absolute atomic E-state index is 12.3. The molecule has 0 aliphatic heterocycles. The van der Waals surface area contributed by atoms with E-state index in [4.69, 9.17) is 9.97 Å². The van der Waals surface area contributed by atoms with Crippen LogP contribution < -0.4 is 0 Å². The van der Waals surface area contributed by atoms with Crippen LogP contribution in [-0.2, 0) is 42.7 Å². The minimum Gasteiger partial charge on any atom is -0.507 e. The predicted octanol–water partition coefficient (Wildman–Crippen LogP) is 15.2. The second-order valence-corrected chi connectivity index (χ2v) is 20.7. The van der Waals surface area contributed by atoms with Crippen LogP contribution in [0.2, 0.25) is 0 Å². The second-order valence-electron chi connectivity index (χ2n) is 20.7. The molecule has 5 heteroatoms. The maximum atomic E-state index is 12.3. The van der Waals surface area contributed by atoms with Crippen molar-refractivity contribution in [2.75, 3.05) is 0 Å². The number of hydrogen-bond acceptors (Lipinski definition) is 3. The molecule has 0 fully saturated rings. The van der Waals surface area contributed by atoms with Gasteiger partial charge in [-0.2, -0.15) is 0 Å². The van der Waals surface area contributed by atoms with Gasteiger partial charge in [0.1, 0.15) is 11.6 Å². The number of nitrogens with zero attached hydrogens (tertiary/aromatic N) is 3. The third-order valence-electron chi connectivity index (χ3n) is 13.3. The van der Waals surface area contributed by atoms with Crippen molar-refractivity contribution in [2.24, 2.45) is 0 Å². The van der Waals surface area contributed by atoms with Gasteiger partial charge in [-0.3, -0.25) is 9.55 Å². The Morgan fingerprint density at radius 2 is 1.19 bits per heavy atom. The number of benzene rings is 6. The molecule has 0 unspecified atom stereocenters. The molecular weight excluding hydrogens is 950 g/mol. The summed E-state index contributed by atoms with van der Waals surface area (Å²) in [5, 5.41) is 12.3. The molecular formula is C58H58N3OPt-. The van der Waals surface area contributed by atoms with Crippen LogP contribution in [0.15, 0.2) is 140 Å². The van der Waals surface area contributed by atoms with Gasteiger partial charge in [-0.1, -0.05) is 165 Å². The Bertz CT molecular complexity index is 2980. The predicted molar refractivity (Wildman–Crippen MR) is 259 cm³/mol. The third kappa shape index (κ3) is 8.24. The first-order valence-corrected chi connectivity index (χ1v) is 22.1. The smallest absolute Gasteiger partial charge is 0.148 e. The summed E-state index contributed by atoms with van der Waals surface area (Å²) in [4.78, 5) is 10.6. The molecule has 1 aliphatic carbocycles. The van der Waals surface area contributed by atoms with Crippen molar-refractivity contribution in [1.29, 1.82) is 0 Å². The van der Waals surface area contributed by atoms with Crippen molar-refractivity contribution in [3.8, 4) is 67.5 Å². The maximum Gasteiger partial charge on any atom is 0.148 e. The molecule has 322 valence electrons. The van der Waals surface area contributed by atoms with Crippen LogP contribution in [0.25, 0.3) is 72.7 Å². The van der Waals surface area contributed by atoms with E-state index >= 15 is 0 Å². The first-order valence-electron chi connectivity index (χ1n) is 22.1. The Morgan fingerprint density at radius 1 is 0.571 bits per heavy atom. The molecule has 6 aromatic carbocycles.